The summed E-state index contributed by atoms with van der Waals surface area (Å²) >= 11 is 0. The number of rotatable bonds is 5. The van der Waals surface area contributed by atoms with E-state index in [1.165, 1.54) is 0 Å². The molecule has 0 amide bonds. The maximum atomic E-state index is 9.90. The van der Waals surface area contributed by atoms with Crippen LogP contribution in [0.4, 0.5) is 0 Å². The van der Waals surface area contributed by atoms with E-state index in [0.29, 0.717) is 0 Å². The summed E-state index contributed by atoms with van der Waals surface area (Å²) in [5, 5.41) is 43.5. The van der Waals surface area contributed by atoms with Crippen molar-refractivity contribution in [2.45, 2.75) is 24.4 Å². The topological polar surface area (TPSA) is 118 Å². The zero-order chi connectivity index (χ0) is 9.72. The van der Waals surface area contributed by atoms with Crippen molar-refractivity contribution in [1.82, 2.24) is 0 Å². The molecule has 0 fully saturated rings. The van der Waals surface area contributed by atoms with Crippen LogP contribution >= 0.6 is 0 Å². The van der Waals surface area contributed by atoms with Crippen molar-refractivity contribution in [3.63, 3.8) is 0 Å². The molecular formula is C6H12O6. The second-order valence-electron chi connectivity index (χ2n) is 2.36. The van der Waals surface area contributed by atoms with Crippen LogP contribution in [0.25, 0.3) is 0 Å². The fraction of sp³-hybridized carbons (Fsp3) is 0.833. The molecule has 1 unspecified atom stereocenters. The van der Waals surface area contributed by atoms with E-state index in [4.69, 9.17) is 25.5 Å². The first-order valence-corrected chi connectivity index (χ1v) is 3.33. The number of carbonyl (C=O) groups is 1. The van der Waals surface area contributed by atoms with E-state index in [9.17, 15) is 4.79 Å². The summed E-state index contributed by atoms with van der Waals surface area (Å²) in [7, 11) is 0. The fourth-order valence-corrected chi connectivity index (χ4v) is 0.618. The Bertz CT molecular complexity index is 138. The molecule has 4 atom stereocenters. The molecule has 0 saturated carbocycles. The summed E-state index contributed by atoms with van der Waals surface area (Å²) in [5.74, 6) is 0. The zero-order valence-electron chi connectivity index (χ0n) is 6.24. The Hall–Kier alpha value is -0.530. The lowest BCUT2D eigenvalue weighted by Crippen LogP contribution is -2.46. The molecule has 0 spiro atoms. The molecule has 0 aromatic rings. The van der Waals surface area contributed by atoms with Crippen LogP contribution in [0, 0.1) is 0 Å². The first kappa shape index (κ1) is 11.5. The molecule has 0 heterocycles. The minimum absolute atomic E-state index is 0.0258. The van der Waals surface area contributed by atoms with Crippen molar-refractivity contribution in [2.24, 2.45) is 0 Å². The van der Waals surface area contributed by atoms with E-state index < -0.39 is 31.0 Å². The third-order valence-corrected chi connectivity index (χ3v) is 1.42. The smallest absolute Gasteiger partial charge is 0.151 e. The molecule has 72 valence electrons. The van der Waals surface area contributed by atoms with Crippen LogP contribution in [0.1, 0.15) is 0 Å². The van der Waals surface area contributed by atoms with Crippen LogP contribution in [0.5, 0.6) is 0 Å². The monoisotopic (exact) mass is 180 g/mol. The number of aldehydes is 1. The van der Waals surface area contributed by atoms with Gasteiger partial charge in [0, 0.05) is 0 Å². The van der Waals surface area contributed by atoms with Gasteiger partial charge in [-0.3, -0.25) is 0 Å². The maximum absolute atomic E-state index is 9.90. The third kappa shape index (κ3) is 2.84. The second kappa shape index (κ2) is 5.18. The Morgan fingerprint density at radius 2 is 1.58 bits per heavy atom. The molecule has 12 heavy (non-hydrogen) atoms. The molecule has 0 bridgehead atoms. The largest absolute Gasteiger partial charge is 0.394 e. The summed E-state index contributed by atoms with van der Waals surface area (Å²) in [4.78, 5) is 9.90. The maximum Gasteiger partial charge on any atom is 0.151 e. The predicted octanol–water partition coefficient (Wildman–Crippen LogP) is -3.38. The SMILES string of the molecule is O=C[C@@H](O)[C@@H](O)C(O)[C@H](O)CO. The Kier molecular flexibility index (Phi) is 4.95. The molecule has 6 nitrogen and oxygen atoms in total. The highest BCUT2D eigenvalue weighted by molar-refractivity contribution is 5.56. The fourth-order valence-electron chi connectivity index (χ4n) is 0.618. The van der Waals surface area contributed by atoms with Gasteiger partial charge in [-0.1, -0.05) is 0 Å². The number of aliphatic hydroxyl groups is 5. The molecular weight excluding hydrogens is 168 g/mol. The quantitative estimate of drug-likeness (QED) is 0.282. The van der Waals surface area contributed by atoms with Gasteiger partial charge < -0.3 is 30.3 Å². The molecule has 0 saturated heterocycles. The number of carbonyl (C=O) groups excluding carboxylic acids is 1. The lowest BCUT2D eigenvalue weighted by Gasteiger charge is -2.22. The van der Waals surface area contributed by atoms with E-state index in [1.54, 1.807) is 0 Å². The lowest BCUT2D eigenvalue weighted by atomic mass is 10.0. The zero-order valence-corrected chi connectivity index (χ0v) is 6.24. The predicted molar refractivity (Wildman–Crippen MR) is 37.2 cm³/mol. The Balaban J connectivity index is 4.07. The summed E-state index contributed by atoms with van der Waals surface area (Å²) in [6.45, 7) is -0.760. The van der Waals surface area contributed by atoms with Crippen LogP contribution in [0.15, 0.2) is 0 Å². The minimum Gasteiger partial charge on any atom is -0.394 e. The van der Waals surface area contributed by atoms with Crippen LogP contribution in [-0.2, 0) is 4.79 Å². The average Bonchev–Trinajstić information content (AvgIpc) is 2.12. The average molecular weight is 180 g/mol. The third-order valence-electron chi connectivity index (χ3n) is 1.42. The molecule has 0 aliphatic carbocycles. The van der Waals surface area contributed by atoms with Gasteiger partial charge in [0.05, 0.1) is 6.61 Å². The van der Waals surface area contributed by atoms with Crippen LogP contribution in [0.2, 0.25) is 0 Å². The van der Waals surface area contributed by atoms with Crippen molar-refractivity contribution < 1.29 is 30.3 Å². The Morgan fingerprint density at radius 1 is 1.08 bits per heavy atom. The molecule has 0 aliphatic heterocycles. The van der Waals surface area contributed by atoms with Gasteiger partial charge in [-0.05, 0) is 0 Å². The van der Waals surface area contributed by atoms with Crippen molar-refractivity contribution in [1.29, 1.82) is 0 Å². The first-order valence-electron chi connectivity index (χ1n) is 3.33. The van der Waals surface area contributed by atoms with Crippen molar-refractivity contribution in [3.8, 4) is 0 Å². The van der Waals surface area contributed by atoms with E-state index in [-0.39, 0.29) is 6.29 Å². The summed E-state index contributed by atoms with van der Waals surface area (Å²) in [6.07, 6.45) is -6.84. The van der Waals surface area contributed by atoms with Gasteiger partial charge in [0.1, 0.15) is 24.4 Å². The Morgan fingerprint density at radius 3 is 1.92 bits per heavy atom. The van der Waals surface area contributed by atoms with E-state index in [2.05, 4.69) is 0 Å². The molecule has 0 aromatic carbocycles. The van der Waals surface area contributed by atoms with Gasteiger partial charge in [-0.2, -0.15) is 0 Å². The van der Waals surface area contributed by atoms with Gasteiger partial charge in [0.25, 0.3) is 0 Å². The lowest BCUT2D eigenvalue weighted by molar-refractivity contribution is -0.136. The molecule has 6 heteroatoms. The number of aliphatic hydroxyl groups excluding tert-OH is 5. The normalized spacial score (nSPS) is 21.1. The van der Waals surface area contributed by atoms with Crippen molar-refractivity contribution >= 4 is 6.29 Å². The Labute approximate surface area is 68.7 Å². The van der Waals surface area contributed by atoms with Crippen LogP contribution in [0.3, 0.4) is 0 Å². The highest BCUT2D eigenvalue weighted by atomic mass is 16.4. The summed E-state index contributed by atoms with van der Waals surface area (Å²) in [6, 6.07) is 0. The highest BCUT2D eigenvalue weighted by Crippen LogP contribution is 2.02. The van der Waals surface area contributed by atoms with E-state index in [1.807, 2.05) is 0 Å². The van der Waals surface area contributed by atoms with Crippen molar-refractivity contribution in [3.05, 3.63) is 0 Å². The molecule has 0 aromatic heterocycles. The van der Waals surface area contributed by atoms with Gasteiger partial charge >= 0.3 is 0 Å². The van der Waals surface area contributed by atoms with Gasteiger partial charge in [0.15, 0.2) is 6.29 Å². The van der Waals surface area contributed by atoms with E-state index >= 15 is 0 Å². The van der Waals surface area contributed by atoms with Crippen LogP contribution in [-0.4, -0.2) is 62.8 Å². The van der Waals surface area contributed by atoms with Gasteiger partial charge in [-0.15, -0.1) is 0 Å². The van der Waals surface area contributed by atoms with Gasteiger partial charge in [0.2, 0.25) is 0 Å². The summed E-state index contributed by atoms with van der Waals surface area (Å²) in [5.41, 5.74) is 0. The molecule has 0 radical (unpaired) electrons. The number of hydrogen-bond donors (Lipinski definition) is 5. The standard InChI is InChI=1S/C6H12O6/c7-1-3(9)5(11)6(12)4(10)2-8/h1,3-6,8-12H,2H2/t3-,4-,5-,6?/m1/s1. The summed E-state index contributed by atoms with van der Waals surface area (Å²) < 4.78 is 0. The van der Waals surface area contributed by atoms with Crippen LogP contribution < -0.4 is 0 Å². The molecule has 0 aliphatic rings. The molecule has 0 rings (SSSR count). The first-order chi connectivity index (χ1) is 5.54. The van der Waals surface area contributed by atoms with Crippen molar-refractivity contribution in [2.75, 3.05) is 6.61 Å². The molecule has 5 N–H and O–H groups in total. The second-order valence-corrected chi connectivity index (χ2v) is 2.36. The van der Waals surface area contributed by atoms with E-state index in [0.717, 1.165) is 0 Å². The van der Waals surface area contributed by atoms with Gasteiger partial charge in [-0.25, -0.2) is 0 Å². The highest BCUT2D eigenvalue weighted by Gasteiger charge is 2.29. The number of hydrogen-bond acceptors (Lipinski definition) is 6. The minimum atomic E-state index is -1.79.